The normalized spacial score (nSPS) is 13.2. The average Bonchev–Trinajstić information content (AvgIpc) is 2.77. The summed E-state index contributed by atoms with van der Waals surface area (Å²) in [5.41, 5.74) is 7.78. The van der Waals surface area contributed by atoms with Crippen LogP contribution in [0.1, 0.15) is 65.9 Å². The maximum atomic E-state index is 12.1. The number of allylic oxidation sites excluding steroid dienone is 1. The molecule has 0 aromatic heterocycles. The average molecular weight is 242 g/mol. The highest BCUT2D eigenvalue weighted by Gasteiger charge is 2.25. The Morgan fingerprint density at radius 2 is 1.22 bits per heavy atom. The van der Waals surface area contributed by atoms with Crippen molar-refractivity contribution in [2.24, 2.45) is 0 Å². The predicted octanol–water partition coefficient (Wildman–Crippen LogP) is 4.15. The molecule has 0 amide bonds. The molecule has 0 atom stereocenters. The first-order valence-corrected chi connectivity index (χ1v) is 7.11. The van der Waals surface area contributed by atoms with Crippen molar-refractivity contribution in [3.05, 3.63) is 39.5 Å². The van der Waals surface area contributed by atoms with Gasteiger partial charge in [-0.3, -0.25) is 4.79 Å². The van der Waals surface area contributed by atoms with Crippen LogP contribution >= 0.6 is 0 Å². The number of fused-ring (bicyclic) bond motifs is 1. The molecule has 0 bridgehead atoms. The SMILES string of the molecule is CCc1c2c(c(CC)c(CC)c1CC)C(=O)C=C2. The summed E-state index contributed by atoms with van der Waals surface area (Å²) >= 11 is 0. The van der Waals surface area contributed by atoms with Crippen molar-refractivity contribution in [2.45, 2.75) is 53.4 Å². The lowest BCUT2D eigenvalue weighted by Gasteiger charge is -2.21. The zero-order valence-corrected chi connectivity index (χ0v) is 11.9. The third-order valence-electron chi connectivity index (χ3n) is 4.05. The minimum atomic E-state index is 0.203. The van der Waals surface area contributed by atoms with E-state index in [1.165, 1.54) is 27.8 Å². The van der Waals surface area contributed by atoms with E-state index in [1.807, 2.05) is 6.08 Å². The Kier molecular flexibility index (Phi) is 3.70. The van der Waals surface area contributed by atoms with E-state index in [2.05, 4.69) is 27.7 Å². The van der Waals surface area contributed by atoms with E-state index in [0.717, 1.165) is 31.2 Å². The third kappa shape index (κ3) is 1.73. The van der Waals surface area contributed by atoms with Gasteiger partial charge in [0.2, 0.25) is 0 Å². The fraction of sp³-hybridized carbons (Fsp3) is 0.471. The molecule has 0 fully saturated rings. The van der Waals surface area contributed by atoms with Crippen LogP contribution in [0.15, 0.2) is 6.08 Å². The van der Waals surface area contributed by atoms with Crippen LogP contribution in [0.2, 0.25) is 0 Å². The van der Waals surface area contributed by atoms with Crippen molar-refractivity contribution < 1.29 is 4.79 Å². The number of ketones is 1. The molecule has 18 heavy (non-hydrogen) atoms. The lowest BCUT2D eigenvalue weighted by molar-refractivity contribution is 0.104. The molecule has 0 N–H and O–H groups in total. The van der Waals surface area contributed by atoms with Gasteiger partial charge >= 0.3 is 0 Å². The van der Waals surface area contributed by atoms with Gasteiger partial charge in [0.1, 0.15) is 0 Å². The number of rotatable bonds is 4. The molecule has 1 aromatic rings. The molecule has 96 valence electrons. The molecule has 0 spiro atoms. The highest BCUT2D eigenvalue weighted by Crippen LogP contribution is 2.34. The number of benzene rings is 1. The van der Waals surface area contributed by atoms with Gasteiger partial charge < -0.3 is 0 Å². The molecule has 2 rings (SSSR count). The van der Waals surface area contributed by atoms with Crippen molar-refractivity contribution >= 4 is 11.9 Å². The summed E-state index contributed by atoms with van der Waals surface area (Å²) in [6, 6.07) is 0. The zero-order valence-electron chi connectivity index (χ0n) is 11.9. The van der Waals surface area contributed by atoms with E-state index in [0.29, 0.717) is 0 Å². The molecule has 0 saturated heterocycles. The van der Waals surface area contributed by atoms with Crippen LogP contribution in [-0.4, -0.2) is 5.78 Å². The summed E-state index contributed by atoms with van der Waals surface area (Å²) in [5, 5.41) is 0. The van der Waals surface area contributed by atoms with Crippen molar-refractivity contribution in [2.75, 3.05) is 0 Å². The fourth-order valence-electron chi connectivity index (χ4n) is 3.35. The van der Waals surface area contributed by atoms with Gasteiger partial charge in [0, 0.05) is 5.56 Å². The maximum absolute atomic E-state index is 12.1. The Morgan fingerprint density at radius 3 is 1.72 bits per heavy atom. The van der Waals surface area contributed by atoms with E-state index in [1.54, 1.807) is 6.08 Å². The smallest absolute Gasteiger partial charge is 0.186 e. The van der Waals surface area contributed by atoms with Crippen molar-refractivity contribution in [1.82, 2.24) is 0 Å². The second kappa shape index (κ2) is 5.09. The second-order valence-corrected chi connectivity index (χ2v) is 4.81. The summed E-state index contributed by atoms with van der Waals surface area (Å²) < 4.78 is 0. The standard InChI is InChI=1S/C17H22O/c1-5-11-12(6-2)14(8-4)17-15(13(11)7-3)9-10-16(17)18/h9-10H,5-8H2,1-4H3. The Balaban J connectivity index is 2.85. The van der Waals surface area contributed by atoms with Crippen molar-refractivity contribution in [3.63, 3.8) is 0 Å². The molecule has 1 heteroatoms. The molecule has 0 heterocycles. The van der Waals surface area contributed by atoms with E-state index >= 15 is 0 Å². The lowest BCUT2D eigenvalue weighted by atomic mass is 9.83. The van der Waals surface area contributed by atoms with Crippen LogP contribution in [0.3, 0.4) is 0 Å². The van der Waals surface area contributed by atoms with E-state index in [9.17, 15) is 4.79 Å². The minimum absolute atomic E-state index is 0.203. The molecule has 0 saturated carbocycles. The molecule has 1 aliphatic carbocycles. The maximum Gasteiger partial charge on any atom is 0.186 e. The highest BCUT2D eigenvalue weighted by atomic mass is 16.1. The van der Waals surface area contributed by atoms with E-state index in [-0.39, 0.29) is 5.78 Å². The molecular weight excluding hydrogens is 220 g/mol. The summed E-state index contributed by atoms with van der Waals surface area (Å²) in [7, 11) is 0. The van der Waals surface area contributed by atoms with Gasteiger partial charge in [-0.2, -0.15) is 0 Å². The molecule has 1 aliphatic rings. The van der Waals surface area contributed by atoms with Crippen molar-refractivity contribution in [1.29, 1.82) is 0 Å². The zero-order chi connectivity index (χ0) is 13.3. The Hall–Kier alpha value is -1.37. The molecule has 1 aromatic carbocycles. The number of hydrogen-bond donors (Lipinski definition) is 0. The number of hydrogen-bond acceptors (Lipinski definition) is 1. The van der Waals surface area contributed by atoms with Gasteiger partial charge in [-0.15, -0.1) is 0 Å². The molecular formula is C17H22O. The second-order valence-electron chi connectivity index (χ2n) is 4.81. The largest absolute Gasteiger partial charge is 0.289 e. The predicted molar refractivity (Wildman–Crippen MR) is 77.3 cm³/mol. The minimum Gasteiger partial charge on any atom is -0.289 e. The van der Waals surface area contributed by atoms with Gasteiger partial charge in [0.05, 0.1) is 0 Å². The van der Waals surface area contributed by atoms with Gasteiger partial charge in [-0.1, -0.05) is 33.8 Å². The molecule has 0 unspecified atom stereocenters. The first-order valence-electron chi connectivity index (χ1n) is 7.11. The van der Waals surface area contributed by atoms with Gasteiger partial charge in [0.15, 0.2) is 5.78 Å². The van der Waals surface area contributed by atoms with Gasteiger partial charge in [0.25, 0.3) is 0 Å². The first kappa shape index (κ1) is 13.1. The van der Waals surface area contributed by atoms with Crippen molar-refractivity contribution in [3.8, 4) is 0 Å². The summed E-state index contributed by atoms with van der Waals surface area (Å²) in [6.45, 7) is 8.77. The van der Waals surface area contributed by atoms with Crippen LogP contribution in [0.4, 0.5) is 0 Å². The summed E-state index contributed by atoms with van der Waals surface area (Å²) in [5.74, 6) is 0.203. The van der Waals surface area contributed by atoms with Gasteiger partial charge in [-0.05, 0) is 59.6 Å². The Labute approximate surface area is 110 Å². The van der Waals surface area contributed by atoms with Crippen LogP contribution in [0.5, 0.6) is 0 Å². The van der Waals surface area contributed by atoms with Crippen LogP contribution in [0.25, 0.3) is 6.08 Å². The number of carbonyl (C=O) groups excluding carboxylic acids is 1. The van der Waals surface area contributed by atoms with Gasteiger partial charge in [-0.25, -0.2) is 0 Å². The van der Waals surface area contributed by atoms with Crippen LogP contribution in [-0.2, 0) is 25.7 Å². The number of carbonyl (C=O) groups is 1. The van der Waals surface area contributed by atoms with Crippen LogP contribution in [0, 0.1) is 0 Å². The quantitative estimate of drug-likeness (QED) is 0.775. The molecule has 0 aliphatic heterocycles. The Morgan fingerprint density at radius 1 is 0.722 bits per heavy atom. The molecule has 1 nitrogen and oxygen atoms in total. The van der Waals surface area contributed by atoms with Crippen LogP contribution < -0.4 is 0 Å². The first-order chi connectivity index (χ1) is 8.69. The molecule has 0 radical (unpaired) electrons. The fourth-order valence-corrected chi connectivity index (χ4v) is 3.35. The van der Waals surface area contributed by atoms with E-state index < -0.39 is 0 Å². The Bertz CT molecular complexity index is 521. The van der Waals surface area contributed by atoms with E-state index in [4.69, 9.17) is 0 Å². The third-order valence-corrected chi connectivity index (χ3v) is 4.05. The monoisotopic (exact) mass is 242 g/mol. The topological polar surface area (TPSA) is 17.1 Å². The summed E-state index contributed by atoms with van der Waals surface area (Å²) in [6.07, 6.45) is 7.82. The highest BCUT2D eigenvalue weighted by molar-refractivity contribution is 6.15. The lowest BCUT2D eigenvalue weighted by Crippen LogP contribution is -2.10. The summed E-state index contributed by atoms with van der Waals surface area (Å²) in [4.78, 5) is 12.1.